The van der Waals surface area contributed by atoms with Gasteiger partial charge < -0.3 is 10.1 Å². The van der Waals surface area contributed by atoms with Crippen LogP contribution in [0.25, 0.3) is 17.0 Å². The maximum absolute atomic E-state index is 5.78. The lowest BCUT2D eigenvalue weighted by Gasteiger charge is -2.40. The summed E-state index contributed by atoms with van der Waals surface area (Å²) in [5, 5.41) is 3.34. The van der Waals surface area contributed by atoms with Gasteiger partial charge in [0.05, 0.1) is 25.5 Å². The van der Waals surface area contributed by atoms with Gasteiger partial charge in [-0.25, -0.2) is 15.0 Å². The smallest absolute Gasteiger partial charge is 0.242 e. The van der Waals surface area contributed by atoms with E-state index >= 15 is 0 Å². The van der Waals surface area contributed by atoms with Gasteiger partial charge in [-0.05, 0) is 37.3 Å². The second kappa shape index (κ2) is 9.02. The summed E-state index contributed by atoms with van der Waals surface area (Å²) in [6, 6.07) is 14.1. The third kappa shape index (κ3) is 4.06. The number of nitrogens with zero attached hydrogens (tertiary/aromatic N) is 6. The molecule has 5 rings (SSSR count). The molecule has 0 saturated carbocycles. The number of hydrogen-bond acceptors (Lipinski definition) is 6. The fourth-order valence-electron chi connectivity index (χ4n) is 4.49. The van der Waals surface area contributed by atoms with Crippen molar-refractivity contribution in [2.45, 2.75) is 13.3 Å². The molecule has 0 amide bonds. The van der Waals surface area contributed by atoms with Gasteiger partial charge in [-0.3, -0.25) is 13.9 Å². The van der Waals surface area contributed by atoms with Crippen molar-refractivity contribution in [1.82, 2.24) is 28.8 Å². The molecular weight excluding hydrogens is 402 g/mol. The first kappa shape index (κ1) is 20.5. The predicted octanol–water partition coefficient (Wildman–Crippen LogP) is 3.33. The van der Waals surface area contributed by atoms with Gasteiger partial charge >= 0.3 is 0 Å². The average Bonchev–Trinajstić information content (AvgIpc) is 3.24. The van der Waals surface area contributed by atoms with E-state index in [0.29, 0.717) is 5.95 Å². The van der Waals surface area contributed by atoms with E-state index < -0.39 is 0 Å². The van der Waals surface area contributed by atoms with Crippen LogP contribution < -0.4 is 9.80 Å². The summed E-state index contributed by atoms with van der Waals surface area (Å²) in [6.07, 6.45) is 6.59. The molecule has 0 spiro atoms. The molecular formula is C24H28N7O+. The molecule has 1 aliphatic rings. The van der Waals surface area contributed by atoms with Crippen LogP contribution in [-0.4, -0.2) is 63.7 Å². The van der Waals surface area contributed by atoms with Crippen LogP contribution in [0.2, 0.25) is 0 Å². The number of morpholine rings is 1. The number of fused-ring (bicyclic) bond motifs is 1. The Morgan fingerprint density at radius 2 is 1.84 bits per heavy atom. The number of hydrogen-bond donors (Lipinski definition) is 1. The minimum Gasteiger partial charge on any atom is -0.370 e. The fraction of sp³-hybridized carbons (Fsp3) is 0.333. The van der Waals surface area contributed by atoms with E-state index in [1.807, 2.05) is 25.1 Å². The van der Waals surface area contributed by atoms with Crippen molar-refractivity contribution in [1.29, 1.82) is 0 Å². The summed E-state index contributed by atoms with van der Waals surface area (Å²) in [7, 11) is 0. The number of rotatable bonds is 7. The zero-order valence-corrected chi connectivity index (χ0v) is 18.3. The minimum atomic E-state index is 0.667. The molecule has 4 aromatic rings. The first-order valence-electron chi connectivity index (χ1n) is 11.1. The third-order valence-corrected chi connectivity index (χ3v) is 6.02. The topological polar surface area (TPSA) is 77.2 Å². The van der Waals surface area contributed by atoms with Crippen molar-refractivity contribution in [3.05, 3.63) is 66.7 Å². The molecule has 1 fully saturated rings. The number of pyridine rings is 2. The van der Waals surface area contributed by atoms with Crippen LogP contribution in [0.5, 0.6) is 0 Å². The molecule has 1 aliphatic heterocycles. The standard InChI is InChI=1S/C24H28N7O/c1-19-7-4-8-20(28-19)22-23(30-13-3-2-9-21(30)29-22)31(15-17-32-18-16-31)14-6-12-27-24-25-10-5-11-26-24/h2-5,7-11,13H,6,12,14-18H2,1H3,(H,25,26,27)/q+1. The average molecular weight is 431 g/mol. The largest absolute Gasteiger partial charge is 0.370 e. The molecule has 8 nitrogen and oxygen atoms in total. The van der Waals surface area contributed by atoms with Gasteiger partial charge in [-0.1, -0.05) is 12.1 Å². The first-order chi connectivity index (χ1) is 15.8. The molecule has 8 heteroatoms. The number of ether oxygens (including phenoxy) is 1. The number of nitrogens with one attached hydrogen (secondary N) is 1. The molecule has 164 valence electrons. The zero-order valence-electron chi connectivity index (χ0n) is 18.3. The van der Waals surface area contributed by atoms with Gasteiger partial charge in [0, 0.05) is 37.3 Å². The van der Waals surface area contributed by atoms with Gasteiger partial charge in [0.25, 0.3) is 0 Å². The zero-order chi connectivity index (χ0) is 21.8. The van der Waals surface area contributed by atoms with Crippen LogP contribution >= 0.6 is 0 Å². The van der Waals surface area contributed by atoms with Crippen molar-refractivity contribution in [3.63, 3.8) is 0 Å². The normalized spacial score (nSPS) is 15.7. The number of quaternary nitrogens is 1. The summed E-state index contributed by atoms with van der Waals surface area (Å²) in [4.78, 5) is 18.4. The lowest BCUT2D eigenvalue weighted by molar-refractivity contribution is 0.0389. The van der Waals surface area contributed by atoms with Crippen molar-refractivity contribution in [2.75, 3.05) is 44.7 Å². The SMILES string of the molecule is Cc1cccc(-c2nc3ccccn3c2[N+]2(CCCNc3ncccn3)CCOCC2)n1. The van der Waals surface area contributed by atoms with E-state index in [0.717, 1.165) is 73.0 Å². The quantitative estimate of drug-likeness (QED) is 0.358. The van der Waals surface area contributed by atoms with Crippen molar-refractivity contribution in [2.24, 2.45) is 0 Å². The highest BCUT2D eigenvalue weighted by Crippen LogP contribution is 2.36. The molecule has 32 heavy (non-hydrogen) atoms. The molecule has 0 radical (unpaired) electrons. The molecule has 1 N–H and O–H groups in total. The van der Waals surface area contributed by atoms with E-state index in [9.17, 15) is 0 Å². The summed E-state index contributed by atoms with van der Waals surface area (Å²) >= 11 is 0. The highest BCUT2D eigenvalue weighted by molar-refractivity contribution is 5.74. The van der Waals surface area contributed by atoms with Gasteiger partial charge in [0.1, 0.15) is 18.7 Å². The third-order valence-electron chi connectivity index (χ3n) is 6.02. The monoisotopic (exact) mass is 430 g/mol. The summed E-state index contributed by atoms with van der Waals surface area (Å²) in [5.74, 6) is 1.86. The lowest BCUT2D eigenvalue weighted by Crippen LogP contribution is -2.58. The highest BCUT2D eigenvalue weighted by Gasteiger charge is 2.39. The predicted molar refractivity (Wildman–Crippen MR) is 126 cm³/mol. The summed E-state index contributed by atoms with van der Waals surface area (Å²) in [6.45, 7) is 7.07. The Bertz CT molecular complexity index is 1190. The molecule has 0 unspecified atom stereocenters. The van der Waals surface area contributed by atoms with Crippen LogP contribution in [0.1, 0.15) is 12.1 Å². The van der Waals surface area contributed by atoms with Gasteiger partial charge in [-0.2, -0.15) is 0 Å². The Balaban J connectivity index is 1.51. The second-order valence-electron chi connectivity index (χ2n) is 8.16. The summed E-state index contributed by atoms with van der Waals surface area (Å²) < 4.78 is 8.83. The number of imidazole rings is 1. The molecule has 0 aromatic carbocycles. The van der Waals surface area contributed by atoms with Crippen molar-refractivity contribution >= 4 is 17.4 Å². The van der Waals surface area contributed by atoms with Crippen LogP contribution in [0.15, 0.2) is 61.1 Å². The highest BCUT2D eigenvalue weighted by atomic mass is 16.5. The van der Waals surface area contributed by atoms with E-state index in [2.05, 4.69) is 50.1 Å². The maximum Gasteiger partial charge on any atom is 0.242 e. The second-order valence-corrected chi connectivity index (χ2v) is 8.16. The van der Waals surface area contributed by atoms with Gasteiger partial charge in [0.15, 0.2) is 5.69 Å². The number of aryl methyl sites for hydroxylation is 1. The molecule has 5 heterocycles. The molecule has 1 saturated heterocycles. The Morgan fingerprint density at radius 1 is 1.00 bits per heavy atom. The Kier molecular flexibility index (Phi) is 5.79. The number of aromatic nitrogens is 5. The Hall–Kier alpha value is -3.36. The molecule has 4 aromatic heterocycles. The molecule has 0 atom stereocenters. The van der Waals surface area contributed by atoms with Gasteiger partial charge in [0.2, 0.25) is 11.8 Å². The van der Waals surface area contributed by atoms with Crippen LogP contribution in [0.3, 0.4) is 0 Å². The number of anilines is 1. The van der Waals surface area contributed by atoms with E-state index in [1.54, 1.807) is 12.4 Å². The Morgan fingerprint density at radius 3 is 2.66 bits per heavy atom. The molecule has 0 bridgehead atoms. The molecule has 0 aliphatic carbocycles. The van der Waals surface area contributed by atoms with Crippen LogP contribution in [0.4, 0.5) is 11.8 Å². The summed E-state index contributed by atoms with van der Waals surface area (Å²) in [5.41, 5.74) is 3.82. The van der Waals surface area contributed by atoms with Gasteiger partial charge in [-0.15, -0.1) is 0 Å². The lowest BCUT2D eigenvalue weighted by atomic mass is 10.2. The van der Waals surface area contributed by atoms with Crippen LogP contribution in [-0.2, 0) is 4.74 Å². The maximum atomic E-state index is 5.78. The van der Waals surface area contributed by atoms with E-state index in [4.69, 9.17) is 14.7 Å². The van der Waals surface area contributed by atoms with E-state index in [-0.39, 0.29) is 0 Å². The minimum absolute atomic E-state index is 0.667. The van der Waals surface area contributed by atoms with Crippen molar-refractivity contribution in [3.8, 4) is 11.4 Å². The Labute approximate surface area is 187 Å². The fourth-order valence-corrected chi connectivity index (χ4v) is 4.49. The van der Waals surface area contributed by atoms with Crippen LogP contribution in [0, 0.1) is 6.92 Å². The first-order valence-corrected chi connectivity index (χ1v) is 11.1. The van der Waals surface area contributed by atoms with E-state index in [1.165, 1.54) is 5.82 Å². The van der Waals surface area contributed by atoms with Crippen molar-refractivity contribution < 1.29 is 4.74 Å².